The molecule has 15 heavy (non-hydrogen) atoms. The molecule has 0 radical (unpaired) electrons. The van der Waals surface area contributed by atoms with Crippen molar-refractivity contribution in [1.29, 1.82) is 0 Å². The molecular formula is C11H13I2NO. The van der Waals surface area contributed by atoms with Crippen LogP contribution in [0.4, 0.5) is 0 Å². The molecule has 2 rings (SSSR count). The number of rotatable bonds is 3. The van der Waals surface area contributed by atoms with E-state index in [9.17, 15) is 5.11 Å². The highest BCUT2D eigenvalue weighted by atomic mass is 127. The Bertz CT molecular complexity index is 377. The van der Waals surface area contributed by atoms with Crippen molar-refractivity contribution >= 4 is 45.2 Å². The Morgan fingerprint density at radius 1 is 1.40 bits per heavy atom. The Morgan fingerprint density at radius 3 is 2.67 bits per heavy atom. The molecule has 1 aliphatic rings. The van der Waals surface area contributed by atoms with E-state index in [1.807, 2.05) is 12.1 Å². The molecule has 0 spiro atoms. The molecule has 1 aromatic rings. The molecule has 1 aliphatic carbocycles. The van der Waals surface area contributed by atoms with E-state index in [1.165, 1.54) is 12.8 Å². The lowest BCUT2D eigenvalue weighted by atomic mass is 10.0. The first-order valence-electron chi connectivity index (χ1n) is 5.01. The summed E-state index contributed by atoms with van der Waals surface area (Å²) in [6.45, 7) is 0. The van der Waals surface area contributed by atoms with Crippen molar-refractivity contribution in [2.75, 3.05) is 0 Å². The van der Waals surface area contributed by atoms with E-state index in [2.05, 4.69) is 45.2 Å². The molecule has 0 unspecified atom stereocenters. The zero-order valence-corrected chi connectivity index (χ0v) is 12.5. The van der Waals surface area contributed by atoms with Crippen molar-refractivity contribution in [3.8, 4) is 5.75 Å². The first-order valence-corrected chi connectivity index (χ1v) is 7.17. The third-order valence-electron chi connectivity index (χ3n) is 2.74. The third-order valence-corrected chi connectivity index (χ3v) is 4.19. The lowest BCUT2D eigenvalue weighted by molar-refractivity contribution is 0.451. The number of hydrogen-bond acceptors (Lipinski definition) is 2. The lowest BCUT2D eigenvalue weighted by Gasteiger charge is -2.14. The monoisotopic (exact) mass is 429 g/mol. The van der Waals surface area contributed by atoms with E-state index >= 15 is 0 Å². The normalized spacial score (nSPS) is 17.8. The average molecular weight is 429 g/mol. The topological polar surface area (TPSA) is 46.2 Å². The third kappa shape index (κ3) is 2.97. The highest BCUT2D eigenvalue weighted by Gasteiger charge is 2.26. The van der Waals surface area contributed by atoms with Crippen LogP contribution in [0.1, 0.15) is 30.9 Å². The van der Waals surface area contributed by atoms with Gasteiger partial charge in [-0.2, -0.15) is 0 Å². The van der Waals surface area contributed by atoms with E-state index in [4.69, 9.17) is 5.73 Å². The zero-order valence-electron chi connectivity index (χ0n) is 8.21. The number of aromatic hydroxyl groups is 1. The van der Waals surface area contributed by atoms with Gasteiger partial charge in [0.25, 0.3) is 0 Å². The van der Waals surface area contributed by atoms with E-state index in [1.54, 1.807) is 0 Å². The van der Waals surface area contributed by atoms with Crippen LogP contribution in [0.25, 0.3) is 0 Å². The Kier molecular flexibility index (Phi) is 3.77. The van der Waals surface area contributed by atoms with Gasteiger partial charge in [0.1, 0.15) is 5.75 Å². The van der Waals surface area contributed by atoms with Crippen molar-refractivity contribution in [2.24, 2.45) is 11.7 Å². The van der Waals surface area contributed by atoms with Gasteiger partial charge in [-0.15, -0.1) is 0 Å². The Morgan fingerprint density at radius 2 is 2.07 bits per heavy atom. The van der Waals surface area contributed by atoms with Gasteiger partial charge in [-0.25, -0.2) is 0 Å². The van der Waals surface area contributed by atoms with E-state index in [-0.39, 0.29) is 6.04 Å². The average Bonchev–Trinajstić information content (AvgIpc) is 2.94. The minimum absolute atomic E-state index is 0.0132. The van der Waals surface area contributed by atoms with Gasteiger partial charge in [0.2, 0.25) is 0 Å². The highest BCUT2D eigenvalue weighted by Crippen LogP contribution is 2.39. The molecule has 0 amide bonds. The smallest absolute Gasteiger partial charge is 0.133 e. The van der Waals surface area contributed by atoms with E-state index < -0.39 is 0 Å². The van der Waals surface area contributed by atoms with Crippen molar-refractivity contribution in [2.45, 2.75) is 25.3 Å². The molecule has 4 heteroatoms. The van der Waals surface area contributed by atoms with Crippen molar-refractivity contribution in [1.82, 2.24) is 0 Å². The Labute approximate surface area is 117 Å². The maximum Gasteiger partial charge on any atom is 0.133 e. The number of phenolic OH excluding ortho intramolecular Hbond substituents is 1. The first kappa shape index (κ1) is 11.9. The van der Waals surface area contributed by atoms with Crippen LogP contribution >= 0.6 is 45.2 Å². The Balaban J connectivity index is 2.24. The molecule has 1 atom stereocenters. The summed E-state index contributed by atoms with van der Waals surface area (Å²) in [7, 11) is 0. The molecule has 1 fully saturated rings. The fraction of sp³-hybridized carbons (Fsp3) is 0.455. The number of phenols is 1. The van der Waals surface area contributed by atoms with Gasteiger partial charge in [0.15, 0.2) is 0 Å². The summed E-state index contributed by atoms with van der Waals surface area (Å²) in [4.78, 5) is 0. The molecule has 0 heterocycles. The van der Waals surface area contributed by atoms with Gasteiger partial charge in [-0.3, -0.25) is 0 Å². The van der Waals surface area contributed by atoms with Gasteiger partial charge in [0, 0.05) is 15.2 Å². The van der Waals surface area contributed by atoms with Crippen molar-refractivity contribution in [3.05, 3.63) is 24.8 Å². The molecule has 0 bridgehead atoms. The van der Waals surface area contributed by atoms with Crippen LogP contribution < -0.4 is 5.73 Å². The molecular weight excluding hydrogens is 416 g/mol. The van der Waals surface area contributed by atoms with E-state index in [0.717, 1.165) is 25.0 Å². The second-order valence-corrected chi connectivity index (χ2v) is 6.52. The van der Waals surface area contributed by atoms with Crippen molar-refractivity contribution in [3.63, 3.8) is 0 Å². The van der Waals surface area contributed by atoms with Gasteiger partial charge in [-0.1, -0.05) is 12.8 Å². The molecule has 0 saturated heterocycles. The van der Waals surface area contributed by atoms with Crippen LogP contribution in [0.3, 0.4) is 0 Å². The predicted octanol–water partition coefficient (Wildman–Crippen LogP) is 3.40. The standard InChI is InChI=1S/C11H13I2NO/c12-7-4-8(11(15)9(13)5-7)10(14)3-6-1-2-6/h4-6,10,15H,1-3,14H2/t10-/m0/s1. The Hall–Kier alpha value is 0.440. The summed E-state index contributed by atoms with van der Waals surface area (Å²) < 4.78 is 2.02. The second-order valence-electron chi connectivity index (χ2n) is 4.11. The van der Waals surface area contributed by atoms with Gasteiger partial charge >= 0.3 is 0 Å². The maximum absolute atomic E-state index is 9.93. The molecule has 1 saturated carbocycles. The molecule has 1 aromatic carbocycles. The van der Waals surface area contributed by atoms with Crippen LogP contribution in [0, 0.1) is 13.1 Å². The van der Waals surface area contributed by atoms with Crippen LogP contribution in [0.2, 0.25) is 0 Å². The number of hydrogen-bond donors (Lipinski definition) is 2. The summed E-state index contributed by atoms with van der Waals surface area (Å²) >= 11 is 4.41. The van der Waals surface area contributed by atoms with Gasteiger partial charge < -0.3 is 10.8 Å². The molecule has 0 aromatic heterocycles. The number of benzene rings is 1. The fourth-order valence-corrected chi connectivity index (χ4v) is 3.60. The summed E-state index contributed by atoms with van der Waals surface area (Å²) in [6, 6.07) is 3.94. The maximum atomic E-state index is 9.93. The second kappa shape index (κ2) is 4.75. The summed E-state index contributed by atoms with van der Waals surface area (Å²) in [6.07, 6.45) is 3.61. The van der Waals surface area contributed by atoms with Gasteiger partial charge in [-0.05, 0) is 69.7 Å². The molecule has 3 N–H and O–H groups in total. The number of nitrogens with two attached hydrogens (primary N) is 1. The minimum atomic E-state index is -0.0132. The van der Waals surface area contributed by atoms with E-state index in [0.29, 0.717) is 5.75 Å². The van der Waals surface area contributed by atoms with Crippen LogP contribution in [-0.4, -0.2) is 5.11 Å². The summed E-state index contributed by atoms with van der Waals surface area (Å²) in [5, 5.41) is 9.93. The molecule has 82 valence electrons. The highest BCUT2D eigenvalue weighted by molar-refractivity contribution is 14.1. The lowest BCUT2D eigenvalue weighted by Crippen LogP contribution is -2.11. The number of halogens is 2. The fourth-order valence-electron chi connectivity index (χ4n) is 1.71. The summed E-state index contributed by atoms with van der Waals surface area (Å²) in [5.41, 5.74) is 7.01. The van der Waals surface area contributed by atoms with Crippen LogP contribution in [0.5, 0.6) is 5.75 Å². The SMILES string of the molecule is N[C@@H](CC1CC1)c1cc(I)cc(I)c1O. The minimum Gasteiger partial charge on any atom is -0.506 e. The first-order chi connectivity index (χ1) is 7.08. The van der Waals surface area contributed by atoms with Crippen molar-refractivity contribution < 1.29 is 5.11 Å². The predicted molar refractivity (Wildman–Crippen MR) is 77.8 cm³/mol. The van der Waals surface area contributed by atoms with Gasteiger partial charge in [0.05, 0.1) is 3.57 Å². The summed E-state index contributed by atoms with van der Waals surface area (Å²) in [5.74, 6) is 1.15. The molecule has 0 aliphatic heterocycles. The molecule has 2 nitrogen and oxygen atoms in total. The van der Waals surface area contributed by atoms with Crippen LogP contribution in [-0.2, 0) is 0 Å². The quantitative estimate of drug-likeness (QED) is 0.725. The van der Waals surface area contributed by atoms with Crippen LogP contribution in [0.15, 0.2) is 12.1 Å². The largest absolute Gasteiger partial charge is 0.506 e. The zero-order chi connectivity index (χ0) is 11.0.